The number of amides is 1. The van der Waals surface area contributed by atoms with Gasteiger partial charge >= 0.3 is 0 Å². The van der Waals surface area contributed by atoms with E-state index >= 15 is 0 Å². The lowest BCUT2D eigenvalue weighted by molar-refractivity contribution is -0.115. The highest BCUT2D eigenvalue weighted by Gasteiger charge is 2.02. The summed E-state index contributed by atoms with van der Waals surface area (Å²) in [5, 5.41) is 11.1. The summed E-state index contributed by atoms with van der Waals surface area (Å²) in [5.41, 5.74) is 2.88. The number of benzene rings is 2. The summed E-state index contributed by atoms with van der Waals surface area (Å²) < 4.78 is 1.04. The van der Waals surface area contributed by atoms with E-state index in [2.05, 4.69) is 21.2 Å². The number of anilines is 1. The van der Waals surface area contributed by atoms with Gasteiger partial charge in [-0.3, -0.25) is 4.79 Å². The molecule has 0 atom stereocenters. The molecule has 0 fully saturated rings. The number of rotatable bonds is 3. The van der Waals surface area contributed by atoms with Gasteiger partial charge in [0, 0.05) is 10.2 Å². The lowest BCUT2D eigenvalue weighted by Crippen LogP contribution is -2.09. The van der Waals surface area contributed by atoms with Gasteiger partial charge in [0.05, 0.1) is 6.07 Å². The molecule has 0 saturated heterocycles. The molecule has 0 aliphatic rings. The maximum atomic E-state index is 11.3. The van der Waals surface area contributed by atoms with Crippen LogP contribution in [0.5, 0.6) is 0 Å². The zero-order valence-corrected chi connectivity index (χ0v) is 11.6. The van der Waals surface area contributed by atoms with Gasteiger partial charge in [-0.1, -0.05) is 40.2 Å². The van der Waals surface area contributed by atoms with Crippen LogP contribution >= 0.6 is 15.9 Å². The van der Waals surface area contributed by atoms with Crippen LogP contribution in [-0.4, -0.2) is 5.91 Å². The second-order valence-corrected chi connectivity index (χ2v) is 4.88. The van der Waals surface area contributed by atoms with E-state index in [1.807, 2.05) is 54.6 Å². The Bertz CT molecular complexity index is 612. The smallest absolute Gasteiger partial charge is 0.238 e. The Labute approximate surface area is 120 Å². The van der Waals surface area contributed by atoms with Gasteiger partial charge in [-0.05, 0) is 35.4 Å². The molecule has 0 aliphatic heterocycles. The fraction of sp³-hybridized carbons (Fsp3) is 0.0667. The summed E-state index contributed by atoms with van der Waals surface area (Å²) in [5.74, 6) is -0.293. The van der Waals surface area contributed by atoms with Crippen molar-refractivity contribution in [3.05, 3.63) is 53.0 Å². The second kappa shape index (κ2) is 6.17. The normalized spacial score (nSPS) is 9.68. The first kappa shape index (κ1) is 13.3. The Morgan fingerprint density at radius 1 is 1.05 bits per heavy atom. The van der Waals surface area contributed by atoms with Gasteiger partial charge in [-0.15, -0.1) is 0 Å². The van der Waals surface area contributed by atoms with Gasteiger partial charge in [-0.25, -0.2) is 0 Å². The van der Waals surface area contributed by atoms with Crippen molar-refractivity contribution >= 4 is 27.5 Å². The van der Waals surface area contributed by atoms with Crippen molar-refractivity contribution in [2.45, 2.75) is 6.42 Å². The molecule has 94 valence electrons. The zero-order valence-electron chi connectivity index (χ0n) is 10.1. The lowest BCUT2D eigenvalue weighted by atomic mass is 10.1. The first-order valence-corrected chi connectivity index (χ1v) is 6.51. The molecule has 4 heteroatoms. The summed E-state index contributed by atoms with van der Waals surface area (Å²) in [6.07, 6.45) is -0.130. The highest BCUT2D eigenvalue weighted by Crippen LogP contribution is 2.23. The topological polar surface area (TPSA) is 52.9 Å². The molecule has 1 amide bonds. The minimum atomic E-state index is -0.293. The van der Waals surface area contributed by atoms with E-state index in [-0.39, 0.29) is 12.3 Å². The highest BCUT2D eigenvalue weighted by molar-refractivity contribution is 9.10. The highest BCUT2D eigenvalue weighted by atomic mass is 79.9. The molecule has 0 unspecified atom stereocenters. The maximum Gasteiger partial charge on any atom is 0.238 e. The van der Waals surface area contributed by atoms with Crippen LogP contribution in [-0.2, 0) is 4.79 Å². The molecule has 0 radical (unpaired) electrons. The molecule has 0 saturated carbocycles. The molecule has 3 nitrogen and oxygen atoms in total. The van der Waals surface area contributed by atoms with Crippen LogP contribution in [0.25, 0.3) is 11.1 Å². The van der Waals surface area contributed by atoms with Gasteiger partial charge in [0.25, 0.3) is 0 Å². The van der Waals surface area contributed by atoms with Crippen LogP contribution in [0.1, 0.15) is 6.42 Å². The Hall–Kier alpha value is -2.12. The summed E-state index contributed by atoms with van der Waals surface area (Å²) in [7, 11) is 0. The summed E-state index contributed by atoms with van der Waals surface area (Å²) >= 11 is 3.40. The van der Waals surface area contributed by atoms with Gasteiger partial charge in [-0.2, -0.15) is 5.26 Å². The van der Waals surface area contributed by atoms with Crippen LogP contribution < -0.4 is 5.32 Å². The molecule has 2 aromatic rings. The van der Waals surface area contributed by atoms with E-state index in [1.54, 1.807) is 0 Å². The number of halogens is 1. The van der Waals surface area contributed by atoms with E-state index in [9.17, 15) is 4.79 Å². The van der Waals surface area contributed by atoms with Crippen LogP contribution in [0.4, 0.5) is 5.69 Å². The third-order valence-corrected chi connectivity index (χ3v) is 3.11. The number of nitriles is 1. The van der Waals surface area contributed by atoms with Gasteiger partial charge in [0.15, 0.2) is 0 Å². The van der Waals surface area contributed by atoms with Crippen LogP contribution in [0.2, 0.25) is 0 Å². The molecular weight excluding hydrogens is 304 g/mol. The quantitative estimate of drug-likeness (QED) is 0.932. The third kappa shape index (κ3) is 3.67. The van der Waals surface area contributed by atoms with E-state index in [1.165, 1.54) is 0 Å². The molecular formula is C15H11BrN2O. The predicted molar refractivity (Wildman–Crippen MR) is 78.4 cm³/mol. The van der Waals surface area contributed by atoms with E-state index in [4.69, 9.17) is 5.26 Å². The van der Waals surface area contributed by atoms with Crippen molar-refractivity contribution in [3.8, 4) is 17.2 Å². The number of nitrogens with one attached hydrogen (secondary N) is 1. The first-order chi connectivity index (χ1) is 9.19. The fourth-order valence-electron chi connectivity index (χ4n) is 1.67. The van der Waals surface area contributed by atoms with Crippen molar-refractivity contribution in [2.24, 2.45) is 0 Å². The van der Waals surface area contributed by atoms with Crippen molar-refractivity contribution < 1.29 is 4.79 Å². The van der Waals surface area contributed by atoms with Crippen LogP contribution in [0, 0.1) is 11.3 Å². The van der Waals surface area contributed by atoms with Crippen molar-refractivity contribution in [3.63, 3.8) is 0 Å². The average molecular weight is 315 g/mol. The first-order valence-electron chi connectivity index (χ1n) is 5.72. The van der Waals surface area contributed by atoms with Crippen molar-refractivity contribution in [1.29, 1.82) is 5.26 Å². The molecule has 0 heterocycles. The summed E-state index contributed by atoms with van der Waals surface area (Å²) in [6.45, 7) is 0. The monoisotopic (exact) mass is 314 g/mol. The minimum Gasteiger partial charge on any atom is -0.325 e. The van der Waals surface area contributed by atoms with E-state index in [0.29, 0.717) is 5.69 Å². The molecule has 0 spiro atoms. The Morgan fingerprint density at radius 2 is 1.58 bits per heavy atom. The zero-order chi connectivity index (χ0) is 13.7. The van der Waals surface area contributed by atoms with E-state index in [0.717, 1.165) is 15.6 Å². The number of carbonyl (C=O) groups excluding carboxylic acids is 1. The molecule has 0 aromatic heterocycles. The molecule has 2 rings (SSSR count). The predicted octanol–water partition coefficient (Wildman–Crippen LogP) is 3.97. The minimum absolute atomic E-state index is 0.130. The lowest BCUT2D eigenvalue weighted by Gasteiger charge is -2.05. The summed E-state index contributed by atoms with van der Waals surface area (Å²) in [6, 6.07) is 17.3. The SMILES string of the molecule is N#CCC(=O)Nc1ccc(-c2ccc(Br)cc2)cc1. The van der Waals surface area contributed by atoms with E-state index < -0.39 is 0 Å². The molecule has 1 N–H and O–H groups in total. The van der Waals surface area contributed by atoms with Crippen molar-refractivity contribution in [2.75, 3.05) is 5.32 Å². The molecule has 19 heavy (non-hydrogen) atoms. The van der Waals surface area contributed by atoms with Gasteiger partial charge < -0.3 is 5.32 Å². The standard InChI is InChI=1S/C15H11BrN2O/c16-13-5-1-11(2-6-13)12-3-7-14(8-4-12)18-15(19)9-10-17/h1-8H,9H2,(H,18,19). The van der Waals surface area contributed by atoms with Gasteiger partial charge in [0.1, 0.15) is 6.42 Å². The van der Waals surface area contributed by atoms with Crippen LogP contribution in [0.15, 0.2) is 53.0 Å². The maximum absolute atomic E-state index is 11.3. The Morgan fingerprint density at radius 3 is 2.11 bits per heavy atom. The Balaban J connectivity index is 2.12. The third-order valence-electron chi connectivity index (χ3n) is 2.59. The number of hydrogen-bond donors (Lipinski definition) is 1. The number of hydrogen-bond acceptors (Lipinski definition) is 2. The second-order valence-electron chi connectivity index (χ2n) is 3.97. The summed E-state index contributed by atoms with van der Waals surface area (Å²) in [4.78, 5) is 11.3. The fourth-order valence-corrected chi connectivity index (χ4v) is 1.93. The van der Waals surface area contributed by atoms with Crippen molar-refractivity contribution in [1.82, 2.24) is 0 Å². The molecule has 2 aromatic carbocycles. The average Bonchev–Trinajstić information content (AvgIpc) is 2.41. The molecule has 0 aliphatic carbocycles. The Kier molecular flexibility index (Phi) is 4.32. The molecule has 0 bridgehead atoms. The largest absolute Gasteiger partial charge is 0.325 e. The number of carbonyl (C=O) groups is 1. The number of nitrogens with zero attached hydrogens (tertiary/aromatic N) is 1. The van der Waals surface area contributed by atoms with Crippen LogP contribution in [0.3, 0.4) is 0 Å². The van der Waals surface area contributed by atoms with Gasteiger partial charge in [0.2, 0.25) is 5.91 Å².